The Labute approximate surface area is 103 Å². The highest BCUT2D eigenvalue weighted by Gasteiger charge is 2.49. The van der Waals surface area contributed by atoms with Crippen LogP contribution in [0.4, 0.5) is 0 Å². The van der Waals surface area contributed by atoms with Crippen molar-refractivity contribution < 1.29 is 9.90 Å². The summed E-state index contributed by atoms with van der Waals surface area (Å²) in [6, 6.07) is 0. The van der Waals surface area contributed by atoms with Crippen LogP contribution in [0.15, 0.2) is 0 Å². The molecule has 17 heavy (non-hydrogen) atoms. The van der Waals surface area contributed by atoms with Crippen molar-refractivity contribution in [3.05, 3.63) is 0 Å². The molecule has 2 saturated heterocycles. The molecule has 4 nitrogen and oxygen atoms in total. The third-order valence-corrected chi connectivity index (χ3v) is 4.35. The molecule has 1 atom stereocenters. The van der Waals surface area contributed by atoms with Crippen LogP contribution in [-0.4, -0.2) is 47.7 Å². The molecule has 2 heterocycles. The lowest BCUT2D eigenvalue weighted by molar-refractivity contribution is -0.166. The molecule has 0 spiro atoms. The lowest BCUT2D eigenvalue weighted by Crippen LogP contribution is -2.66. The third-order valence-electron chi connectivity index (χ3n) is 4.35. The molecule has 2 fully saturated rings. The van der Waals surface area contributed by atoms with Crippen molar-refractivity contribution in [2.45, 2.75) is 45.1 Å². The van der Waals surface area contributed by atoms with E-state index in [9.17, 15) is 9.90 Å². The molecule has 1 unspecified atom stereocenters. The molecule has 0 aromatic rings. The molecular weight excluding hydrogens is 216 g/mol. The molecule has 0 radical (unpaired) electrons. The van der Waals surface area contributed by atoms with Gasteiger partial charge in [-0.25, -0.2) is 0 Å². The van der Waals surface area contributed by atoms with E-state index in [1.54, 1.807) is 0 Å². The first-order chi connectivity index (χ1) is 8.05. The number of hydrogen-bond acceptors (Lipinski definition) is 3. The maximum absolute atomic E-state index is 12.4. The van der Waals surface area contributed by atoms with Crippen molar-refractivity contribution >= 4 is 5.91 Å². The van der Waals surface area contributed by atoms with Crippen molar-refractivity contribution in [1.29, 1.82) is 0 Å². The second-order valence-electron chi connectivity index (χ2n) is 5.70. The van der Waals surface area contributed by atoms with Gasteiger partial charge in [0.15, 0.2) is 0 Å². The second kappa shape index (κ2) is 4.58. The van der Waals surface area contributed by atoms with Gasteiger partial charge in [0.25, 0.3) is 0 Å². The molecule has 0 aromatic carbocycles. The number of aliphatic hydroxyl groups is 1. The summed E-state index contributed by atoms with van der Waals surface area (Å²) in [4.78, 5) is 14.3. The predicted molar refractivity (Wildman–Crippen MR) is 66.6 cm³/mol. The summed E-state index contributed by atoms with van der Waals surface area (Å²) in [5.41, 5.74) is -0.807. The molecular formula is C13H24N2O2. The molecule has 0 aromatic heterocycles. The Hall–Kier alpha value is -0.610. The van der Waals surface area contributed by atoms with Crippen molar-refractivity contribution in [2.75, 3.05) is 26.2 Å². The lowest BCUT2D eigenvalue weighted by atomic mass is 9.79. The maximum atomic E-state index is 12.4. The average Bonchev–Trinajstić information content (AvgIpc) is 2.75. The molecule has 4 heteroatoms. The average molecular weight is 240 g/mol. The van der Waals surface area contributed by atoms with Gasteiger partial charge in [-0.3, -0.25) is 4.79 Å². The van der Waals surface area contributed by atoms with E-state index in [1.807, 2.05) is 4.90 Å². The molecule has 2 aliphatic heterocycles. The normalized spacial score (nSPS) is 31.4. The third kappa shape index (κ3) is 2.20. The Bertz CT molecular complexity index is 292. The zero-order valence-electron chi connectivity index (χ0n) is 11.0. The number of β-amino-alcohol motifs (C(OH)–C–C–N with tert-alkyl or cyclic N) is 1. The monoisotopic (exact) mass is 240 g/mol. The number of carbonyl (C=O) groups excluding carboxylic acids is 1. The summed E-state index contributed by atoms with van der Waals surface area (Å²) in [7, 11) is 0. The zero-order valence-corrected chi connectivity index (χ0v) is 11.0. The summed E-state index contributed by atoms with van der Waals surface area (Å²) in [5, 5.41) is 13.4. The summed E-state index contributed by atoms with van der Waals surface area (Å²) < 4.78 is 0. The van der Waals surface area contributed by atoms with Gasteiger partial charge in [-0.2, -0.15) is 0 Å². The fourth-order valence-corrected chi connectivity index (χ4v) is 3.15. The van der Waals surface area contributed by atoms with Gasteiger partial charge in [0.05, 0.1) is 24.1 Å². The minimum atomic E-state index is -0.606. The molecule has 2 rings (SSSR count). The standard InChI is InChI=1S/C13H24N2O2/c1-3-5-13(17)9-15(10-13)11(16)12(4-2)6-7-14-8-12/h14,17H,3-10H2,1-2H3. The van der Waals surface area contributed by atoms with E-state index in [-0.39, 0.29) is 11.3 Å². The van der Waals surface area contributed by atoms with E-state index in [2.05, 4.69) is 19.2 Å². The van der Waals surface area contributed by atoms with Crippen LogP contribution in [0.3, 0.4) is 0 Å². The number of hydrogen-bond donors (Lipinski definition) is 2. The van der Waals surface area contributed by atoms with Gasteiger partial charge in [0.1, 0.15) is 0 Å². The van der Waals surface area contributed by atoms with E-state index in [1.165, 1.54) is 0 Å². The van der Waals surface area contributed by atoms with Gasteiger partial charge in [0.2, 0.25) is 5.91 Å². The Balaban J connectivity index is 1.94. The lowest BCUT2D eigenvalue weighted by Gasteiger charge is -2.49. The molecule has 0 saturated carbocycles. The van der Waals surface area contributed by atoms with E-state index in [0.29, 0.717) is 13.1 Å². The van der Waals surface area contributed by atoms with E-state index >= 15 is 0 Å². The smallest absolute Gasteiger partial charge is 0.230 e. The van der Waals surface area contributed by atoms with Gasteiger partial charge in [-0.05, 0) is 25.8 Å². The Kier molecular flexibility index (Phi) is 3.46. The summed E-state index contributed by atoms with van der Waals surface area (Å²) in [6.45, 7) is 6.94. The predicted octanol–water partition coefficient (Wildman–Crippen LogP) is 0.749. The number of carbonyl (C=O) groups is 1. The van der Waals surface area contributed by atoms with Crippen molar-refractivity contribution in [3.63, 3.8) is 0 Å². The summed E-state index contributed by atoms with van der Waals surface area (Å²) >= 11 is 0. The first-order valence-electron chi connectivity index (χ1n) is 6.78. The van der Waals surface area contributed by atoms with E-state index in [0.717, 1.165) is 38.8 Å². The molecule has 1 amide bonds. The molecule has 2 aliphatic rings. The fraction of sp³-hybridized carbons (Fsp3) is 0.923. The summed E-state index contributed by atoms with van der Waals surface area (Å²) in [6.07, 6.45) is 3.60. The van der Waals surface area contributed by atoms with Gasteiger partial charge in [0, 0.05) is 6.54 Å². The van der Waals surface area contributed by atoms with Crippen LogP contribution in [0.25, 0.3) is 0 Å². The first kappa shape index (κ1) is 12.8. The van der Waals surface area contributed by atoms with E-state index in [4.69, 9.17) is 0 Å². The Morgan fingerprint density at radius 1 is 1.41 bits per heavy atom. The van der Waals surface area contributed by atoms with Crippen molar-refractivity contribution in [1.82, 2.24) is 10.2 Å². The van der Waals surface area contributed by atoms with Crippen LogP contribution >= 0.6 is 0 Å². The van der Waals surface area contributed by atoms with Crippen LogP contribution in [0, 0.1) is 5.41 Å². The largest absolute Gasteiger partial charge is 0.386 e. The Morgan fingerprint density at radius 2 is 2.12 bits per heavy atom. The Morgan fingerprint density at radius 3 is 2.59 bits per heavy atom. The minimum absolute atomic E-state index is 0.201. The number of nitrogens with one attached hydrogen (secondary N) is 1. The highest BCUT2D eigenvalue weighted by molar-refractivity contribution is 5.84. The fourth-order valence-electron chi connectivity index (χ4n) is 3.15. The van der Waals surface area contributed by atoms with Crippen LogP contribution in [-0.2, 0) is 4.79 Å². The van der Waals surface area contributed by atoms with Crippen LogP contribution < -0.4 is 5.32 Å². The number of amides is 1. The highest BCUT2D eigenvalue weighted by atomic mass is 16.3. The summed E-state index contributed by atoms with van der Waals surface area (Å²) in [5.74, 6) is 0.241. The van der Waals surface area contributed by atoms with E-state index < -0.39 is 5.60 Å². The number of likely N-dealkylation sites (tertiary alicyclic amines) is 1. The van der Waals surface area contributed by atoms with Crippen LogP contribution in [0.2, 0.25) is 0 Å². The zero-order chi connectivity index (χ0) is 12.5. The molecule has 0 aliphatic carbocycles. The van der Waals surface area contributed by atoms with Crippen molar-refractivity contribution in [2.24, 2.45) is 5.41 Å². The number of nitrogens with zero attached hydrogens (tertiary/aromatic N) is 1. The highest BCUT2D eigenvalue weighted by Crippen LogP contribution is 2.36. The van der Waals surface area contributed by atoms with Gasteiger partial charge < -0.3 is 15.3 Å². The molecule has 0 bridgehead atoms. The topological polar surface area (TPSA) is 52.6 Å². The first-order valence-corrected chi connectivity index (χ1v) is 6.78. The van der Waals surface area contributed by atoms with Crippen LogP contribution in [0.5, 0.6) is 0 Å². The minimum Gasteiger partial charge on any atom is -0.386 e. The van der Waals surface area contributed by atoms with Crippen molar-refractivity contribution in [3.8, 4) is 0 Å². The van der Waals surface area contributed by atoms with Crippen LogP contribution in [0.1, 0.15) is 39.5 Å². The molecule has 2 N–H and O–H groups in total. The van der Waals surface area contributed by atoms with Gasteiger partial charge in [-0.15, -0.1) is 0 Å². The second-order valence-corrected chi connectivity index (χ2v) is 5.70. The maximum Gasteiger partial charge on any atom is 0.230 e. The van der Waals surface area contributed by atoms with Gasteiger partial charge in [-0.1, -0.05) is 20.3 Å². The SMILES string of the molecule is CCCC1(O)CN(C(=O)C2(CC)CCNC2)C1. The molecule has 98 valence electrons. The quantitative estimate of drug-likeness (QED) is 0.762. The van der Waals surface area contributed by atoms with Gasteiger partial charge >= 0.3 is 0 Å². The number of rotatable bonds is 4.